The Kier molecular flexibility index (Phi) is 2.62. The molecule has 0 aromatic heterocycles. The van der Waals surface area contributed by atoms with Gasteiger partial charge in [-0.2, -0.15) is 0 Å². The molecule has 0 aromatic carbocycles. The molecule has 18 heavy (non-hydrogen) atoms. The standard InChI is InChI=1S/C12H14O6/c13-9-4-7(11(15)17-9)5-1-2-6-8(3-5)12(16)18-10(6)14/h5-9,13H,1-4H2. The Hall–Kier alpha value is -1.43. The van der Waals surface area contributed by atoms with Gasteiger partial charge >= 0.3 is 17.9 Å². The summed E-state index contributed by atoms with van der Waals surface area (Å²) in [5.41, 5.74) is 0. The molecule has 6 heteroatoms. The predicted octanol–water partition coefficient (Wildman–Crippen LogP) is -0.0162. The minimum Gasteiger partial charge on any atom is -0.436 e. The lowest BCUT2D eigenvalue weighted by Gasteiger charge is -2.29. The Morgan fingerprint density at radius 2 is 1.61 bits per heavy atom. The molecular formula is C12H14O6. The number of rotatable bonds is 1. The highest BCUT2D eigenvalue weighted by Gasteiger charge is 2.51. The topological polar surface area (TPSA) is 89.9 Å². The van der Waals surface area contributed by atoms with Crippen molar-refractivity contribution < 1.29 is 29.0 Å². The summed E-state index contributed by atoms with van der Waals surface area (Å²) in [6.45, 7) is 0. The third kappa shape index (κ3) is 1.71. The third-order valence-corrected chi connectivity index (χ3v) is 4.28. The first kappa shape index (κ1) is 11.6. The summed E-state index contributed by atoms with van der Waals surface area (Å²) in [5.74, 6) is -2.42. The number of ether oxygens (including phenoxy) is 2. The summed E-state index contributed by atoms with van der Waals surface area (Å²) in [5, 5.41) is 9.29. The molecule has 6 nitrogen and oxygen atoms in total. The first-order valence-corrected chi connectivity index (χ1v) is 6.20. The summed E-state index contributed by atoms with van der Waals surface area (Å²) in [6, 6.07) is 0. The SMILES string of the molecule is O=C1OC(O)CC1C1CCC2C(=O)OC(=O)C2C1. The molecule has 0 amide bonds. The van der Waals surface area contributed by atoms with E-state index in [0.29, 0.717) is 19.3 Å². The fourth-order valence-corrected chi connectivity index (χ4v) is 3.33. The van der Waals surface area contributed by atoms with Gasteiger partial charge in [-0.3, -0.25) is 14.4 Å². The molecule has 2 aliphatic heterocycles. The Labute approximate surface area is 103 Å². The van der Waals surface area contributed by atoms with Gasteiger partial charge in [0.05, 0.1) is 17.8 Å². The van der Waals surface area contributed by atoms with E-state index in [0.717, 1.165) is 0 Å². The summed E-state index contributed by atoms with van der Waals surface area (Å²) < 4.78 is 9.34. The van der Waals surface area contributed by atoms with E-state index in [2.05, 4.69) is 4.74 Å². The van der Waals surface area contributed by atoms with E-state index in [1.54, 1.807) is 0 Å². The normalized spacial score (nSPS) is 43.6. The lowest BCUT2D eigenvalue weighted by atomic mass is 9.70. The van der Waals surface area contributed by atoms with Gasteiger partial charge in [0.15, 0.2) is 0 Å². The number of esters is 3. The molecule has 0 radical (unpaired) electrons. The van der Waals surface area contributed by atoms with E-state index in [1.807, 2.05) is 0 Å². The van der Waals surface area contributed by atoms with Crippen molar-refractivity contribution in [1.29, 1.82) is 0 Å². The van der Waals surface area contributed by atoms with Crippen LogP contribution in [0.15, 0.2) is 0 Å². The second-order valence-electron chi connectivity index (χ2n) is 5.26. The molecule has 98 valence electrons. The fourth-order valence-electron chi connectivity index (χ4n) is 3.33. The van der Waals surface area contributed by atoms with Crippen molar-refractivity contribution in [3.8, 4) is 0 Å². The fraction of sp³-hybridized carbons (Fsp3) is 0.750. The van der Waals surface area contributed by atoms with Gasteiger partial charge < -0.3 is 14.6 Å². The maximum atomic E-state index is 11.6. The number of carbonyl (C=O) groups excluding carboxylic acids is 3. The zero-order valence-electron chi connectivity index (χ0n) is 9.70. The van der Waals surface area contributed by atoms with Gasteiger partial charge in [-0.15, -0.1) is 0 Å². The second-order valence-corrected chi connectivity index (χ2v) is 5.26. The van der Waals surface area contributed by atoms with E-state index in [9.17, 15) is 19.5 Å². The van der Waals surface area contributed by atoms with E-state index in [4.69, 9.17) is 4.74 Å². The molecule has 5 atom stereocenters. The molecule has 3 rings (SSSR count). The van der Waals surface area contributed by atoms with E-state index in [-0.39, 0.29) is 24.2 Å². The highest BCUT2D eigenvalue weighted by atomic mass is 16.6. The highest BCUT2D eigenvalue weighted by Crippen LogP contribution is 2.44. The number of cyclic esters (lactones) is 3. The first-order chi connectivity index (χ1) is 8.56. The molecule has 2 saturated heterocycles. The minimum atomic E-state index is -1.03. The summed E-state index contributed by atoms with van der Waals surface area (Å²) in [6.07, 6.45) is 0.985. The lowest BCUT2D eigenvalue weighted by molar-refractivity contribution is -0.157. The van der Waals surface area contributed by atoms with Crippen LogP contribution >= 0.6 is 0 Å². The van der Waals surface area contributed by atoms with E-state index < -0.39 is 30.1 Å². The van der Waals surface area contributed by atoms with Gasteiger partial charge in [0, 0.05) is 6.42 Å². The molecule has 2 heterocycles. The Morgan fingerprint density at radius 3 is 2.28 bits per heavy atom. The van der Waals surface area contributed by atoms with Gasteiger partial charge in [-0.25, -0.2) is 0 Å². The van der Waals surface area contributed by atoms with Gasteiger partial charge in [0.25, 0.3) is 0 Å². The molecule has 0 aromatic rings. The largest absolute Gasteiger partial charge is 0.436 e. The minimum absolute atomic E-state index is 0.00523. The number of aliphatic hydroxyl groups excluding tert-OH is 1. The lowest BCUT2D eigenvalue weighted by Crippen LogP contribution is -2.32. The van der Waals surface area contributed by atoms with Gasteiger partial charge in [0.1, 0.15) is 0 Å². The average molecular weight is 254 g/mol. The van der Waals surface area contributed by atoms with Crippen LogP contribution in [0.1, 0.15) is 25.7 Å². The van der Waals surface area contributed by atoms with Crippen LogP contribution in [0, 0.1) is 23.7 Å². The van der Waals surface area contributed by atoms with Gasteiger partial charge in [-0.1, -0.05) is 0 Å². The quantitative estimate of drug-likeness (QED) is 0.522. The van der Waals surface area contributed by atoms with Crippen molar-refractivity contribution in [3.05, 3.63) is 0 Å². The highest BCUT2D eigenvalue weighted by molar-refractivity contribution is 5.96. The second kappa shape index (κ2) is 4.05. The molecule has 0 bridgehead atoms. The van der Waals surface area contributed by atoms with Gasteiger partial charge in [0.2, 0.25) is 6.29 Å². The Morgan fingerprint density at radius 1 is 0.889 bits per heavy atom. The molecule has 1 saturated carbocycles. The van der Waals surface area contributed by atoms with E-state index >= 15 is 0 Å². The van der Waals surface area contributed by atoms with E-state index in [1.165, 1.54) is 0 Å². The Balaban J connectivity index is 1.72. The van der Waals surface area contributed by atoms with Crippen molar-refractivity contribution in [2.45, 2.75) is 32.0 Å². The van der Waals surface area contributed by atoms with Crippen LogP contribution in [0.4, 0.5) is 0 Å². The summed E-state index contributed by atoms with van der Waals surface area (Å²) >= 11 is 0. The maximum Gasteiger partial charge on any atom is 0.317 e. The average Bonchev–Trinajstić information content (AvgIpc) is 2.80. The van der Waals surface area contributed by atoms with Crippen LogP contribution in [-0.4, -0.2) is 29.3 Å². The van der Waals surface area contributed by atoms with Crippen molar-refractivity contribution >= 4 is 17.9 Å². The molecule has 3 aliphatic rings. The van der Waals surface area contributed by atoms with Gasteiger partial charge in [-0.05, 0) is 25.2 Å². The molecule has 0 spiro atoms. The zero-order valence-corrected chi connectivity index (χ0v) is 9.70. The smallest absolute Gasteiger partial charge is 0.317 e. The van der Waals surface area contributed by atoms with Crippen molar-refractivity contribution in [3.63, 3.8) is 0 Å². The van der Waals surface area contributed by atoms with Crippen LogP contribution in [0.2, 0.25) is 0 Å². The number of carbonyl (C=O) groups is 3. The number of hydrogen-bond donors (Lipinski definition) is 1. The number of hydrogen-bond acceptors (Lipinski definition) is 6. The zero-order chi connectivity index (χ0) is 12.9. The molecular weight excluding hydrogens is 240 g/mol. The maximum absolute atomic E-state index is 11.6. The first-order valence-electron chi connectivity index (χ1n) is 6.20. The molecule has 1 N–H and O–H groups in total. The molecule has 1 aliphatic carbocycles. The van der Waals surface area contributed by atoms with Crippen molar-refractivity contribution in [2.75, 3.05) is 0 Å². The number of aliphatic hydroxyl groups is 1. The van der Waals surface area contributed by atoms with Crippen molar-refractivity contribution in [1.82, 2.24) is 0 Å². The predicted molar refractivity (Wildman–Crippen MR) is 55.6 cm³/mol. The van der Waals surface area contributed by atoms with Crippen molar-refractivity contribution in [2.24, 2.45) is 23.7 Å². The van der Waals surface area contributed by atoms with Crippen LogP contribution < -0.4 is 0 Å². The molecule has 5 unspecified atom stereocenters. The Bertz CT molecular complexity index is 417. The summed E-state index contributed by atoms with van der Waals surface area (Å²) in [7, 11) is 0. The summed E-state index contributed by atoms with van der Waals surface area (Å²) in [4.78, 5) is 34.5. The monoisotopic (exact) mass is 254 g/mol. The number of fused-ring (bicyclic) bond motifs is 1. The van der Waals surface area contributed by atoms with Crippen LogP contribution in [-0.2, 0) is 23.9 Å². The van der Waals surface area contributed by atoms with Crippen LogP contribution in [0.25, 0.3) is 0 Å². The third-order valence-electron chi connectivity index (χ3n) is 4.28. The molecule has 3 fully saturated rings. The van der Waals surface area contributed by atoms with Crippen LogP contribution in [0.3, 0.4) is 0 Å². The van der Waals surface area contributed by atoms with Crippen LogP contribution in [0.5, 0.6) is 0 Å².